The summed E-state index contributed by atoms with van der Waals surface area (Å²) in [6, 6.07) is 5.96. The molecule has 2 rings (SSSR count). The zero-order valence-electron chi connectivity index (χ0n) is 14.4. The van der Waals surface area contributed by atoms with Crippen LogP contribution in [0.2, 0.25) is 0 Å². The highest BCUT2D eigenvalue weighted by molar-refractivity contribution is 5.50. The van der Waals surface area contributed by atoms with Gasteiger partial charge in [0.1, 0.15) is 5.82 Å². The molecule has 0 aromatic heterocycles. The van der Waals surface area contributed by atoms with Crippen molar-refractivity contribution >= 4 is 5.69 Å². The predicted octanol–water partition coefficient (Wildman–Crippen LogP) is 4.90. The molecule has 1 N–H and O–H groups in total. The summed E-state index contributed by atoms with van der Waals surface area (Å²) in [6.07, 6.45) is 5.99. The van der Waals surface area contributed by atoms with E-state index in [-0.39, 0.29) is 11.9 Å². The minimum absolute atomic E-state index is 0.0748. The van der Waals surface area contributed by atoms with Crippen LogP contribution in [0.4, 0.5) is 10.1 Å². The van der Waals surface area contributed by atoms with Gasteiger partial charge in [-0.05, 0) is 56.3 Å². The molecule has 1 saturated heterocycles. The maximum Gasteiger partial charge on any atom is 0.146 e. The van der Waals surface area contributed by atoms with Crippen LogP contribution in [0.1, 0.15) is 64.5 Å². The molecule has 1 fully saturated rings. The average Bonchev–Trinajstić information content (AvgIpc) is 2.52. The molecule has 1 aromatic carbocycles. The molecule has 124 valence electrons. The molecule has 0 saturated carbocycles. The van der Waals surface area contributed by atoms with Gasteiger partial charge in [-0.25, -0.2) is 4.39 Å². The van der Waals surface area contributed by atoms with E-state index in [4.69, 9.17) is 0 Å². The summed E-state index contributed by atoms with van der Waals surface area (Å²) in [4.78, 5) is 2.19. The molecule has 22 heavy (non-hydrogen) atoms. The first-order valence-electron chi connectivity index (χ1n) is 8.89. The molecular formula is C19H31FN2. The SMILES string of the molecule is CCCCCN[C@@H](C)c1ccc(N2CCC(C)CC2)c(F)c1. The van der Waals surface area contributed by atoms with E-state index in [0.29, 0.717) is 0 Å². The third kappa shape index (κ3) is 4.70. The first kappa shape index (κ1) is 17.3. The minimum atomic E-state index is -0.0748. The fourth-order valence-corrected chi connectivity index (χ4v) is 3.11. The molecule has 1 atom stereocenters. The third-order valence-electron chi connectivity index (χ3n) is 4.83. The van der Waals surface area contributed by atoms with Gasteiger partial charge in [0.2, 0.25) is 0 Å². The van der Waals surface area contributed by atoms with Gasteiger partial charge in [-0.15, -0.1) is 0 Å². The van der Waals surface area contributed by atoms with Crippen molar-refractivity contribution in [3.63, 3.8) is 0 Å². The van der Waals surface area contributed by atoms with Crippen molar-refractivity contribution in [1.82, 2.24) is 5.32 Å². The van der Waals surface area contributed by atoms with Crippen LogP contribution in [-0.4, -0.2) is 19.6 Å². The summed E-state index contributed by atoms with van der Waals surface area (Å²) in [5.74, 6) is 0.695. The molecular weight excluding hydrogens is 275 g/mol. The summed E-state index contributed by atoms with van der Waals surface area (Å²) in [5.41, 5.74) is 1.82. The normalized spacial score (nSPS) is 17.7. The van der Waals surface area contributed by atoms with E-state index >= 15 is 0 Å². The maximum absolute atomic E-state index is 14.5. The van der Waals surface area contributed by atoms with E-state index < -0.39 is 0 Å². The Kier molecular flexibility index (Phi) is 6.69. The van der Waals surface area contributed by atoms with Crippen LogP contribution in [0, 0.1) is 11.7 Å². The van der Waals surface area contributed by atoms with Crippen molar-refractivity contribution in [2.24, 2.45) is 5.92 Å². The zero-order valence-corrected chi connectivity index (χ0v) is 14.4. The summed E-state index contributed by atoms with van der Waals surface area (Å²) in [6.45, 7) is 9.55. The van der Waals surface area contributed by atoms with E-state index in [2.05, 4.69) is 37.1 Å². The lowest BCUT2D eigenvalue weighted by atomic mass is 9.98. The molecule has 0 amide bonds. The van der Waals surface area contributed by atoms with Crippen LogP contribution in [0.15, 0.2) is 18.2 Å². The summed E-state index contributed by atoms with van der Waals surface area (Å²) >= 11 is 0. The number of nitrogens with one attached hydrogen (secondary N) is 1. The smallest absolute Gasteiger partial charge is 0.146 e. The Bertz CT molecular complexity index is 453. The number of hydrogen-bond acceptors (Lipinski definition) is 2. The van der Waals surface area contributed by atoms with Gasteiger partial charge in [0.15, 0.2) is 0 Å². The van der Waals surface area contributed by atoms with Crippen LogP contribution in [0.3, 0.4) is 0 Å². The summed E-state index contributed by atoms with van der Waals surface area (Å²) < 4.78 is 14.5. The van der Waals surface area contributed by atoms with Gasteiger partial charge in [-0.2, -0.15) is 0 Å². The van der Waals surface area contributed by atoms with Crippen LogP contribution in [0.25, 0.3) is 0 Å². The second-order valence-electron chi connectivity index (χ2n) is 6.76. The quantitative estimate of drug-likeness (QED) is 0.721. The Balaban J connectivity index is 1.94. The Morgan fingerprint density at radius 3 is 2.64 bits per heavy atom. The Morgan fingerprint density at radius 1 is 1.27 bits per heavy atom. The van der Waals surface area contributed by atoms with Gasteiger partial charge in [-0.1, -0.05) is 32.8 Å². The van der Waals surface area contributed by atoms with Crippen LogP contribution in [-0.2, 0) is 0 Å². The number of nitrogens with zero attached hydrogens (tertiary/aromatic N) is 1. The number of halogens is 1. The highest BCUT2D eigenvalue weighted by Crippen LogP contribution is 2.27. The van der Waals surface area contributed by atoms with Crippen LogP contribution >= 0.6 is 0 Å². The lowest BCUT2D eigenvalue weighted by Crippen LogP contribution is -2.33. The van der Waals surface area contributed by atoms with Crippen molar-refractivity contribution in [2.45, 2.75) is 58.9 Å². The van der Waals surface area contributed by atoms with Gasteiger partial charge >= 0.3 is 0 Å². The Hall–Kier alpha value is -1.09. The number of hydrogen-bond donors (Lipinski definition) is 1. The minimum Gasteiger partial charge on any atom is -0.369 e. The summed E-state index contributed by atoms with van der Waals surface area (Å²) in [5, 5.41) is 3.49. The largest absolute Gasteiger partial charge is 0.369 e. The van der Waals surface area contributed by atoms with Crippen molar-refractivity contribution in [3.05, 3.63) is 29.6 Å². The fraction of sp³-hybridized carbons (Fsp3) is 0.684. The second kappa shape index (κ2) is 8.52. The maximum atomic E-state index is 14.5. The molecule has 1 heterocycles. The Morgan fingerprint density at radius 2 is 2.00 bits per heavy atom. The molecule has 1 aliphatic heterocycles. The first-order chi connectivity index (χ1) is 10.6. The van der Waals surface area contributed by atoms with Crippen LogP contribution < -0.4 is 10.2 Å². The van der Waals surface area contributed by atoms with Gasteiger partial charge in [-0.3, -0.25) is 0 Å². The van der Waals surface area contributed by atoms with Crippen LogP contribution in [0.5, 0.6) is 0 Å². The van der Waals surface area contributed by atoms with Crippen molar-refractivity contribution in [1.29, 1.82) is 0 Å². The van der Waals surface area contributed by atoms with Gasteiger partial charge < -0.3 is 10.2 Å². The average molecular weight is 306 g/mol. The third-order valence-corrected chi connectivity index (χ3v) is 4.83. The van der Waals surface area contributed by atoms with Crippen molar-refractivity contribution < 1.29 is 4.39 Å². The van der Waals surface area contributed by atoms with E-state index in [0.717, 1.165) is 49.6 Å². The number of rotatable bonds is 7. The second-order valence-corrected chi connectivity index (χ2v) is 6.76. The molecule has 0 bridgehead atoms. The molecule has 0 unspecified atom stereocenters. The lowest BCUT2D eigenvalue weighted by molar-refractivity contribution is 0.434. The molecule has 0 aliphatic carbocycles. The zero-order chi connectivity index (χ0) is 15.9. The molecule has 2 nitrogen and oxygen atoms in total. The number of unbranched alkanes of at least 4 members (excludes halogenated alkanes) is 2. The fourth-order valence-electron chi connectivity index (χ4n) is 3.11. The number of anilines is 1. The monoisotopic (exact) mass is 306 g/mol. The molecule has 1 aliphatic rings. The van der Waals surface area contributed by atoms with E-state index in [1.165, 1.54) is 19.3 Å². The van der Waals surface area contributed by atoms with E-state index in [1.807, 2.05) is 6.07 Å². The highest BCUT2D eigenvalue weighted by atomic mass is 19.1. The summed E-state index contributed by atoms with van der Waals surface area (Å²) in [7, 11) is 0. The van der Waals surface area contributed by atoms with Crippen molar-refractivity contribution in [3.8, 4) is 0 Å². The van der Waals surface area contributed by atoms with Gasteiger partial charge in [0, 0.05) is 19.1 Å². The molecule has 0 spiro atoms. The topological polar surface area (TPSA) is 15.3 Å². The number of benzene rings is 1. The predicted molar refractivity (Wildman–Crippen MR) is 93.0 cm³/mol. The Labute approximate surface area is 135 Å². The van der Waals surface area contributed by atoms with Gasteiger partial charge in [0.25, 0.3) is 0 Å². The molecule has 3 heteroatoms. The lowest BCUT2D eigenvalue weighted by Gasteiger charge is -2.32. The molecule has 1 aromatic rings. The highest BCUT2D eigenvalue weighted by Gasteiger charge is 2.19. The van der Waals surface area contributed by atoms with Crippen molar-refractivity contribution in [2.75, 3.05) is 24.5 Å². The van der Waals surface area contributed by atoms with Gasteiger partial charge in [0.05, 0.1) is 5.69 Å². The standard InChI is InChI=1S/C19H31FN2/c1-4-5-6-11-21-16(3)17-7-8-19(18(20)14-17)22-12-9-15(2)10-13-22/h7-8,14-16,21H,4-6,9-13H2,1-3H3/t16-/m0/s1. The first-order valence-corrected chi connectivity index (χ1v) is 8.89. The van der Waals surface area contributed by atoms with E-state index in [9.17, 15) is 4.39 Å². The number of piperidine rings is 1. The molecule has 0 radical (unpaired) electrons. The van der Waals surface area contributed by atoms with E-state index in [1.54, 1.807) is 6.07 Å².